The maximum atomic E-state index is 14.8. The van der Waals surface area contributed by atoms with Crippen LogP contribution in [0.1, 0.15) is 28.1 Å². The molecule has 3 aromatic carbocycles. The Bertz CT molecular complexity index is 1890. The average Bonchev–Trinajstić information content (AvgIpc) is 3.75. The van der Waals surface area contributed by atoms with Crippen LogP contribution in [0.25, 0.3) is 21.9 Å². The van der Waals surface area contributed by atoms with E-state index in [9.17, 15) is 23.6 Å². The van der Waals surface area contributed by atoms with E-state index in [2.05, 4.69) is 10.6 Å². The largest absolute Gasteiger partial charge is 0.491 e. The molecule has 2 aliphatic heterocycles. The molecule has 0 radical (unpaired) electrons. The number of fused-ring (bicyclic) bond motifs is 7. The first-order chi connectivity index (χ1) is 23.7. The van der Waals surface area contributed by atoms with E-state index in [-0.39, 0.29) is 62.3 Å². The van der Waals surface area contributed by atoms with Gasteiger partial charge >= 0.3 is 5.97 Å². The smallest absolute Gasteiger partial charge is 0.330 e. The van der Waals surface area contributed by atoms with Crippen LogP contribution < -0.4 is 15.4 Å². The van der Waals surface area contributed by atoms with Gasteiger partial charge in [0.15, 0.2) is 6.04 Å². The van der Waals surface area contributed by atoms with Gasteiger partial charge in [0, 0.05) is 25.1 Å². The van der Waals surface area contributed by atoms with Crippen molar-refractivity contribution in [2.45, 2.75) is 37.4 Å². The van der Waals surface area contributed by atoms with Gasteiger partial charge in [-0.15, -0.1) is 11.3 Å². The van der Waals surface area contributed by atoms with Crippen LogP contribution in [0.15, 0.2) is 84.3 Å². The van der Waals surface area contributed by atoms with E-state index in [0.717, 1.165) is 27.7 Å². The second kappa shape index (κ2) is 15.4. The van der Waals surface area contributed by atoms with E-state index in [0.29, 0.717) is 29.0 Å². The lowest BCUT2D eigenvalue weighted by molar-refractivity contribution is -0.144. The molecule has 49 heavy (non-hydrogen) atoms. The molecule has 4 bridgehead atoms. The third kappa shape index (κ3) is 8.51. The van der Waals surface area contributed by atoms with Gasteiger partial charge < -0.3 is 29.7 Å². The molecule has 4 aromatic rings. The Morgan fingerprint density at radius 1 is 1.02 bits per heavy atom. The van der Waals surface area contributed by atoms with Gasteiger partial charge in [0.2, 0.25) is 11.8 Å². The van der Waals surface area contributed by atoms with Gasteiger partial charge in [-0.25, -0.2) is 9.18 Å². The molecule has 1 saturated heterocycles. The number of methoxy groups -OCH3 is 1. The van der Waals surface area contributed by atoms with Gasteiger partial charge in [-0.2, -0.15) is 0 Å². The Hall–Kier alpha value is -5.07. The summed E-state index contributed by atoms with van der Waals surface area (Å²) in [4.78, 5) is 53.9. The highest BCUT2D eigenvalue weighted by atomic mass is 32.1. The molecule has 12 heteroatoms. The highest BCUT2D eigenvalue weighted by molar-refractivity contribution is 7.12. The summed E-state index contributed by atoms with van der Waals surface area (Å²) in [7, 11) is 1.22. The van der Waals surface area contributed by atoms with E-state index >= 15 is 0 Å². The minimum atomic E-state index is -1.06. The molecule has 3 heterocycles. The number of hydrogen-bond acceptors (Lipinski definition) is 8. The van der Waals surface area contributed by atoms with Crippen LogP contribution in [0.3, 0.4) is 0 Å². The van der Waals surface area contributed by atoms with Crippen LogP contribution in [-0.4, -0.2) is 80.2 Å². The molecule has 0 aliphatic carbocycles. The second-order valence-corrected chi connectivity index (χ2v) is 12.9. The van der Waals surface area contributed by atoms with Crippen molar-refractivity contribution in [1.29, 1.82) is 0 Å². The fraction of sp³-hybridized carbons (Fsp3) is 0.297. The number of halogens is 1. The lowest BCUT2D eigenvalue weighted by Gasteiger charge is -2.24. The van der Waals surface area contributed by atoms with Crippen molar-refractivity contribution in [2.24, 2.45) is 0 Å². The van der Waals surface area contributed by atoms with Crippen LogP contribution >= 0.6 is 11.3 Å². The molecular weight excluding hydrogens is 649 g/mol. The molecule has 3 atom stereocenters. The summed E-state index contributed by atoms with van der Waals surface area (Å²) < 4.78 is 31.3. The normalized spacial score (nSPS) is 20.9. The summed E-state index contributed by atoms with van der Waals surface area (Å²) in [5, 5.41) is 9.60. The Kier molecular flexibility index (Phi) is 10.7. The van der Waals surface area contributed by atoms with Crippen LogP contribution in [-0.2, 0) is 30.3 Å². The van der Waals surface area contributed by atoms with Crippen LogP contribution in [0.2, 0.25) is 0 Å². The summed E-state index contributed by atoms with van der Waals surface area (Å²) in [6.45, 7) is 0.340. The van der Waals surface area contributed by atoms with Crippen LogP contribution in [0, 0.1) is 5.82 Å². The first-order valence-electron chi connectivity index (χ1n) is 16.0. The van der Waals surface area contributed by atoms with Crippen molar-refractivity contribution in [3.05, 3.63) is 101 Å². The van der Waals surface area contributed by atoms with E-state index in [1.807, 2.05) is 42.5 Å². The van der Waals surface area contributed by atoms with Gasteiger partial charge in [-0.3, -0.25) is 14.4 Å². The quantitative estimate of drug-likeness (QED) is 0.237. The lowest BCUT2D eigenvalue weighted by Crippen LogP contribution is -2.44. The van der Waals surface area contributed by atoms with Gasteiger partial charge in [0.1, 0.15) is 18.2 Å². The van der Waals surface area contributed by atoms with E-state index in [4.69, 9.17) is 14.2 Å². The van der Waals surface area contributed by atoms with Crippen molar-refractivity contribution in [1.82, 2.24) is 15.5 Å². The first kappa shape index (κ1) is 33.8. The number of carbonyl (C=O) groups is 4. The van der Waals surface area contributed by atoms with Crippen molar-refractivity contribution in [2.75, 3.05) is 33.5 Å². The summed E-state index contributed by atoms with van der Waals surface area (Å²) in [5.74, 6) is -1.75. The molecule has 0 saturated carbocycles. The zero-order chi connectivity index (χ0) is 34.3. The number of benzene rings is 3. The maximum absolute atomic E-state index is 14.8. The molecule has 0 unspecified atom stereocenters. The van der Waals surface area contributed by atoms with Gasteiger partial charge in [-0.05, 0) is 57.5 Å². The van der Waals surface area contributed by atoms with Crippen molar-refractivity contribution in [3.8, 4) is 16.9 Å². The number of nitrogens with zero attached hydrogens (tertiary/aromatic N) is 1. The minimum Gasteiger partial charge on any atom is -0.491 e. The number of rotatable bonds is 4. The van der Waals surface area contributed by atoms with Crippen LogP contribution in [0.5, 0.6) is 5.75 Å². The number of ether oxygens (including phenoxy) is 3. The Morgan fingerprint density at radius 2 is 1.86 bits per heavy atom. The van der Waals surface area contributed by atoms with E-state index in [1.165, 1.54) is 19.2 Å². The summed E-state index contributed by atoms with van der Waals surface area (Å²) in [6, 6.07) is 18.1. The zero-order valence-corrected chi connectivity index (χ0v) is 27.7. The first-order valence-corrected chi connectivity index (χ1v) is 16.8. The Morgan fingerprint density at radius 3 is 2.69 bits per heavy atom. The number of thiophene rings is 1. The van der Waals surface area contributed by atoms with Crippen molar-refractivity contribution in [3.63, 3.8) is 0 Å². The highest BCUT2D eigenvalue weighted by Gasteiger charge is 2.36. The van der Waals surface area contributed by atoms with E-state index in [1.54, 1.807) is 34.6 Å². The third-order valence-corrected chi connectivity index (χ3v) is 9.43. The molecule has 2 N–H and O–H groups in total. The molecular formula is C37H36FN3O7S. The molecule has 0 spiro atoms. The van der Waals surface area contributed by atoms with Crippen molar-refractivity contribution < 1.29 is 37.8 Å². The number of amides is 3. The monoisotopic (exact) mass is 685 g/mol. The molecule has 2 aliphatic rings. The SMILES string of the molecule is COC(=O)[C@@H]1COC/C=C\CC(=O)N2C[C@@H](NC(=O)Cc3ccc4ccccc4c3)C[C@H]2COc2cc(F)cc(c2)-c2csc(c2)C(=O)N1. The van der Waals surface area contributed by atoms with E-state index < -0.39 is 23.7 Å². The minimum absolute atomic E-state index is 0.0679. The number of esters is 1. The fourth-order valence-corrected chi connectivity index (χ4v) is 6.89. The predicted molar refractivity (Wildman–Crippen MR) is 183 cm³/mol. The standard InChI is InChI=1S/C37H36FN3O7S/c1-46-37(45)32-21-47-11-5-4-8-35(43)41-19-29(39-34(42)13-23-9-10-24-6-2-3-7-25(24)12-23)18-30(41)20-48-31-15-26(14-28(38)17-31)27-16-33(49-22-27)36(44)40-32/h2-7,9-10,12,14-17,22,29-30,32H,8,11,13,18-21H2,1H3,(H,39,42)(H,40,44)/b5-4-/t29-,30-,32-/m0/s1. The molecule has 1 aromatic heterocycles. The Balaban J connectivity index is 1.19. The maximum Gasteiger partial charge on any atom is 0.330 e. The average molecular weight is 686 g/mol. The fourth-order valence-electron chi connectivity index (χ4n) is 6.07. The van der Waals surface area contributed by atoms with Gasteiger partial charge in [-0.1, -0.05) is 54.6 Å². The van der Waals surface area contributed by atoms with Gasteiger partial charge in [0.05, 0.1) is 37.7 Å². The molecule has 254 valence electrons. The molecule has 1 fully saturated rings. The predicted octanol–water partition coefficient (Wildman–Crippen LogP) is 4.66. The lowest BCUT2D eigenvalue weighted by atomic mass is 10.0. The summed E-state index contributed by atoms with van der Waals surface area (Å²) in [6.07, 6.45) is 4.06. The van der Waals surface area contributed by atoms with Crippen molar-refractivity contribution >= 4 is 45.8 Å². The highest BCUT2D eigenvalue weighted by Crippen LogP contribution is 2.30. The van der Waals surface area contributed by atoms with Crippen LogP contribution in [0.4, 0.5) is 4.39 Å². The zero-order valence-electron chi connectivity index (χ0n) is 26.9. The summed E-state index contributed by atoms with van der Waals surface area (Å²) in [5.41, 5.74) is 1.98. The Labute approximate surface area is 286 Å². The number of hydrogen-bond donors (Lipinski definition) is 2. The number of nitrogens with one attached hydrogen (secondary N) is 2. The second-order valence-electron chi connectivity index (χ2n) is 12.0. The van der Waals surface area contributed by atoms with Gasteiger partial charge in [0.25, 0.3) is 5.91 Å². The molecule has 6 rings (SSSR count). The third-order valence-electron chi connectivity index (χ3n) is 8.50. The number of carbonyl (C=O) groups excluding carboxylic acids is 4. The summed E-state index contributed by atoms with van der Waals surface area (Å²) >= 11 is 1.15. The molecule has 10 nitrogen and oxygen atoms in total. The molecule has 3 amide bonds. The topological polar surface area (TPSA) is 123 Å².